The average Bonchev–Trinajstić information content (AvgIpc) is 3.56. The Morgan fingerprint density at radius 3 is 1.58 bits per heavy atom. The predicted octanol–water partition coefficient (Wildman–Crippen LogP) is 16.4. The minimum Gasteiger partial charge on any atom is -0.310 e. The highest BCUT2D eigenvalue weighted by atomic mass is 15.1. The first-order valence-electron chi connectivity index (χ1n) is 20.9. The number of hydrogen-bond acceptors (Lipinski definition) is 1. The molecular formula is C59H43N. The second kappa shape index (κ2) is 14.4. The molecule has 0 N–H and O–H groups in total. The largest absolute Gasteiger partial charge is 0.310 e. The number of benzene rings is 10. The van der Waals surface area contributed by atoms with Gasteiger partial charge in [0.2, 0.25) is 0 Å². The molecule has 1 aliphatic carbocycles. The zero-order chi connectivity index (χ0) is 40.2. The zero-order valence-corrected chi connectivity index (χ0v) is 33.8. The fraction of sp³-hybridized carbons (Fsp3) is 0.0508. The molecule has 284 valence electrons. The number of hydrogen-bond donors (Lipinski definition) is 0. The standard InChI is InChI=1S/C59H43N/c1-59(2)54-32-16-15-28-50(54)52-31-18-34-56(58(52)59)60(44-37-35-42(36-38-44)53-39-43-23-9-10-25-46(43)48-26-12-13-27-49(48)53)55-33-17-30-47(41-21-7-4-8-22-41)57(55)51-29-14-11-24-45(51)40-19-5-3-6-20-40/h3-39H,1-2H3. The van der Waals surface area contributed by atoms with Gasteiger partial charge in [0.25, 0.3) is 0 Å². The summed E-state index contributed by atoms with van der Waals surface area (Å²) in [5.74, 6) is 0. The second-order valence-electron chi connectivity index (χ2n) is 16.4. The number of rotatable bonds is 7. The lowest BCUT2D eigenvalue weighted by atomic mass is 9.81. The van der Waals surface area contributed by atoms with Crippen LogP contribution in [0.3, 0.4) is 0 Å². The van der Waals surface area contributed by atoms with Gasteiger partial charge in [0.1, 0.15) is 0 Å². The maximum absolute atomic E-state index is 2.54. The van der Waals surface area contributed by atoms with Crippen molar-refractivity contribution in [1.29, 1.82) is 0 Å². The molecule has 0 fully saturated rings. The van der Waals surface area contributed by atoms with E-state index in [1.54, 1.807) is 0 Å². The molecule has 1 nitrogen and oxygen atoms in total. The first kappa shape index (κ1) is 35.7. The molecule has 0 saturated heterocycles. The normalized spacial score (nSPS) is 12.6. The molecule has 0 unspecified atom stereocenters. The van der Waals surface area contributed by atoms with Crippen molar-refractivity contribution in [2.45, 2.75) is 19.3 Å². The van der Waals surface area contributed by atoms with E-state index in [2.05, 4.69) is 243 Å². The van der Waals surface area contributed by atoms with Crippen molar-refractivity contribution in [2.75, 3.05) is 4.90 Å². The van der Waals surface area contributed by atoms with Gasteiger partial charge in [-0.15, -0.1) is 0 Å². The maximum Gasteiger partial charge on any atom is 0.0546 e. The SMILES string of the molecule is CC1(C)c2ccccc2-c2cccc(N(c3ccc(-c4cc5ccccc5c5ccccc45)cc3)c3cccc(-c4ccccc4)c3-c3ccccc3-c3ccccc3)c21. The molecule has 1 heteroatoms. The smallest absolute Gasteiger partial charge is 0.0546 e. The van der Waals surface area contributed by atoms with Crippen LogP contribution in [-0.4, -0.2) is 0 Å². The van der Waals surface area contributed by atoms with Crippen LogP contribution in [-0.2, 0) is 5.41 Å². The Bertz CT molecular complexity index is 3210. The summed E-state index contributed by atoms with van der Waals surface area (Å²) in [4.78, 5) is 2.54. The molecule has 0 aromatic heterocycles. The minimum absolute atomic E-state index is 0.232. The van der Waals surface area contributed by atoms with Gasteiger partial charge < -0.3 is 4.90 Å². The Balaban J connectivity index is 1.19. The minimum atomic E-state index is -0.232. The number of fused-ring (bicyclic) bond motifs is 6. The zero-order valence-electron chi connectivity index (χ0n) is 33.8. The van der Waals surface area contributed by atoms with Crippen molar-refractivity contribution in [1.82, 2.24) is 0 Å². The summed E-state index contributed by atoms with van der Waals surface area (Å²) in [6.45, 7) is 4.78. The Morgan fingerprint density at radius 2 is 0.850 bits per heavy atom. The lowest BCUT2D eigenvalue weighted by Crippen LogP contribution is -2.21. The van der Waals surface area contributed by atoms with Crippen LogP contribution in [0.15, 0.2) is 224 Å². The summed E-state index contributed by atoms with van der Waals surface area (Å²) in [5, 5.41) is 5.06. The summed E-state index contributed by atoms with van der Waals surface area (Å²) in [6.07, 6.45) is 0. The Hall–Kier alpha value is -7.48. The van der Waals surface area contributed by atoms with E-state index in [-0.39, 0.29) is 5.41 Å². The molecule has 0 amide bonds. The van der Waals surface area contributed by atoms with Crippen LogP contribution in [0.1, 0.15) is 25.0 Å². The second-order valence-corrected chi connectivity index (χ2v) is 16.4. The molecule has 60 heavy (non-hydrogen) atoms. The van der Waals surface area contributed by atoms with Crippen LogP contribution < -0.4 is 4.90 Å². The van der Waals surface area contributed by atoms with E-state index in [1.165, 1.54) is 94.0 Å². The fourth-order valence-electron chi connectivity index (χ4n) is 9.93. The van der Waals surface area contributed by atoms with Gasteiger partial charge in [-0.05, 0) is 113 Å². The molecule has 0 heterocycles. The van der Waals surface area contributed by atoms with Gasteiger partial charge in [0, 0.05) is 16.7 Å². The Kier molecular flexibility index (Phi) is 8.57. The molecule has 0 spiro atoms. The van der Waals surface area contributed by atoms with Crippen LogP contribution in [0.25, 0.3) is 77.2 Å². The molecule has 0 bridgehead atoms. The van der Waals surface area contributed by atoms with Gasteiger partial charge in [0.15, 0.2) is 0 Å². The summed E-state index contributed by atoms with van der Waals surface area (Å²) in [7, 11) is 0. The van der Waals surface area contributed by atoms with Gasteiger partial charge >= 0.3 is 0 Å². The van der Waals surface area contributed by atoms with Crippen molar-refractivity contribution in [3.63, 3.8) is 0 Å². The molecule has 10 aromatic carbocycles. The van der Waals surface area contributed by atoms with Crippen molar-refractivity contribution in [2.24, 2.45) is 0 Å². The molecule has 0 saturated carbocycles. The molecule has 1 aliphatic rings. The highest BCUT2D eigenvalue weighted by Crippen LogP contribution is 2.56. The third-order valence-corrected chi connectivity index (χ3v) is 12.7. The van der Waals surface area contributed by atoms with Crippen molar-refractivity contribution in [3.8, 4) is 55.6 Å². The van der Waals surface area contributed by atoms with Gasteiger partial charge in [-0.1, -0.05) is 208 Å². The molecule has 0 radical (unpaired) electrons. The fourth-order valence-corrected chi connectivity index (χ4v) is 9.93. The van der Waals surface area contributed by atoms with Crippen molar-refractivity contribution >= 4 is 38.6 Å². The van der Waals surface area contributed by atoms with E-state index in [9.17, 15) is 0 Å². The first-order chi connectivity index (χ1) is 29.6. The Labute approximate surface area is 352 Å². The van der Waals surface area contributed by atoms with Crippen molar-refractivity contribution in [3.05, 3.63) is 236 Å². The van der Waals surface area contributed by atoms with E-state index in [0.717, 1.165) is 11.4 Å². The van der Waals surface area contributed by atoms with E-state index < -0.39 is 0 Å². The van der Waals surface area contributed by atoms with E-state index in [4.69, 9.17) is 0 Å². The maximum atomic E-state index is 2.54. The van der Waals surface area contributed by atoms with E-state index in [1.807, 2.05) is 0 Å². The Morgan fingerprint density at radius 1 is 0.333 bits per heavy atom. The molecular weight excluding hydrogens is 723 g/mol. The third kappa shape index (κ3) is 5.77. The van der Waals surface area contributed by atoms with E-state index in [0.29, 0.717) is 0 Å². The summed E-state index contributed by atoms with van der Waals surface area (Å²) in [6, 6.07) is 82.5. The van der Waals surface area contributed by atoms with Crippen LogP contribution in [0, 0.1) is 0 Å². The first-order valence-corrected chi connectivity index (χ1v) is 20.9. The van der Waals surface area contributed by atoms with Crippen LogP contribution in [0.4, 0.5) is 17.1 Å². The lowest BCUT2D eigenvalue weighted by molar-refractivity contribution is 0.661. The summed E-state index contributed by atoms with van der Waals surface area (Å²) < 4.78 is 0. The van der Waals surface area contributed by atoms with Crippen LogP contribution in [0.2, 0.25) is 0 Å². The van der Waals surface area contributed by atoms with Gasteiger partial charge in [-0.2, -0.15) is 0 Å². The monoisotopic (exact) mass is 765 g/mol. The van der Waals surface area contributed by atoms with Crippen LogP contribution >= 0.6 is 0 Å². The highest BCUT2D eigenvalue weighted by molar-refractivity contribution is 6.14. The number of anilines is 3. The van der Waals surface area contributed by atoms with Gasteiger partial charge in [-0.3, -0.25) is 0 Å². The average molecular weight is 766 g/mol. The summed E-state index contributed by atoms with van der Waals surface area (Å²) >= 11 is 0. The highest BCUT2D eigenvalue weighted by Gasteiger charge is 2.39. The van der Waals surface area contributed by atoms with Crippen LogP contribution in [0.5, 0.6) is 0 Å². The number of nitrogens with zero attached hydrogens (tertiary/aromatic N) is 1. The van der Waals surface area contributed by atoms with Crippen molar-refractivity contribution < 1.29 is 0 Å². The molecule has 10 aromatic rings. The van der Waals surface area contributed by atoms with Gasteiger partial charge in [0.05, 0.1) is 11.4 Å². The molecule has 0 aliphatic heterocycles. The quantitative estimate of drug-likeness (QED) is 0.146. The molecule has 0 atom stereocenters. The van der Waals surface area contributed by atoms with Gasteiger partial charge in [-0.25, -0.2) is 0 Å². The van der Waals surface area contributed by atoms with E-state index >= 15 is 0 Å². The lowest BCUT2D eigenvalue weighted by Gasteiger charge is -2.34. The summed E-state index contributed by atoms with van der Waals surface area (Å²) in [5.41, 5.74) is 18.1. The topological polar surface area (TPSA) is 3.24 Å². The third-order valence-electron chi connectivity index (χ3n) is 12.7. The molecule has 11 rings (SSSR count). The predicted molar refractivity (Wildman–Crippen MR) is 255 cm³/mol.